The summed E-state index contributed by atoms with van der Waals surface area (Å²) in [4.78, 5) is 46.5. The molecule has 4 rings (SSSR count). The van der Waals surface area contributed by atoms with Gasteiger partial charge in [-0.2, -0.15) is 0 Å². The molecule has 47 heavy (non-hydrogen) atoms. The van der Waals surface area contributed by atoms with Crippen molar-refractivity contribution < 1.29 is 24.2 Å². The van der Waals surface area contributed by atoms with E-state index in [9.17, 15) is 19.5 Å². The normalized spacial score (nSPS) is 18.4. The Labute approximate surface area is 278 Å². The van der Waals surface area contributed by atoms with Gasteiger partial charge in [-0.3, -0.25) is 19.4 Å². The molecule has 1 aliphatic heterocycles. The third kappa shape index (κ3) is 10.4. The van der Waals surface area contributed by atoms with Crippen LogP contribution >= 0.6 is 0 Å². The monoisotopic (exact) mass is 643 g/mol. The van der Waals surface area contributed by atoms with E-state index in [4.69, 9.17) is 4.74 Å². The van der Waals surface area contributed by atoms with E-state index in [1.165, 1.54) is 6.20 Å². The zero-order valence-corrected chi connectivity index (χ0v) is 28.1. The van der Waals surface area contributed by atoms with Gasteiger partial charge in [0.1, 0.15) is 23.6 Å². The number of para-hydroxylation sites is 1. The highest BCUT2D eigenvalue weighted by atomic mass is 16.5. The van der Waals surface area contributed by atoms with Crippen molar-refractivity contribution in [2.24, 2.45) is 5.92 Å². The lowest BCUT2D eigenvalue weighted by atomic mass is 9.95. The fourth-order valence-corrected chi connectivity index (χ4v) is 5.74. The number of rotatable bonds is 13. The molecule has 0 saturated carbocycles. The van der Waals surface area contributed by atoms with Crippen molar-refractivity contribution in [2.45, 2.75) is 89.8 Å². The molecule has 252 valence electrons. The van der Waals surface area contributed by atoms with Gasteiger partial charge in [-0.05, 0) is 75.9 Å². The maximum Gasteiger partial charge on any atom is 0.270 e. The van der Waals surface area contributed by atoms with Gasteiger partial charge in [0.25, 0.3) is 5.91 Å². The fourth-order valence-electron chi connectivity index (χ4n) is 5.74. The third-order valence-electron chi connectivity index (χ3n) is 8.37. The van der Waals surface area contributed by atoms with Gasteiger partial charge >= 0.3 is 0 Å². The van der Waals surface area contributed by atoms with Gasteiger partial charge in [-0.25, -0.2) is 0 Å². The lowest BCUT2D eigenvalue weighted by Gasteiger charge is -2.42. The quantitative estimate of drug-likeness (QED) is 0.223. The molecule has 1 aliphatic rings. The summed E-state index contributed by atoms with van der Waals surface area (Å²) in [6, 6.07) is 22.1. The molecular formula is C37H49N5O5. The van der Waals surface area contributed by atoms with Crippen LogP contribution in [0.1, 0.15) is 63.5 Å². The number of carbonyl (C=O) groups excluding carboxylic acids is 3. The summed E-state index contributed by atoms with van der Waals surface area (Å²) < 4.78 is 6.19. The third-order valence-corrected chi connectivity index (χ3v) is 8.37. The molecule has 0 bridgehead atoms. The van der Waals surface area contributed by atoms with Crippen LogP contribution in [-0.4, -0.2) is 81.7 Å². The lowest BCUT2D eigenvalue weighted by molar-refractivity contribution is -0.142. The molecule has 3 amide bonds. The minimum atomic E-state index is -1.11. The number of nitrogens with one attached hydrogen (secondary N) is 3. The van der Waals surface area contributed by atoms with E-state index in [1.54, 1.807) is 23.1 Å². The van der Waals surface area contributed by atoms with Crippen LogP contribution in [0.25, 0.3) is 0 Å². The Kier molecular flexibility index (Phi) is 12.5. The summed E-state index contributed by atoms with van der Waals surface area (Å²) in [5.74, 6) is -0.492. The molecule has 0 radical (unpaired) electrons. The summed E-state index contributed by atoms with van der Waals surface area (Å²) in [6.45, 7) is 10.1. The number of amides is 3. The van der Waals surface area contributed by atoms with Gasteiger partial charge in [-0.15, -0.1) is 0 Å². The second kappa shape index (κ2) is 16.5. The Morgan fingerprint density at radius 3 is 2.26 bits per heavy atom. The highest BCUT2D eigenvalue weighted by Crippen LogP contribution is 2.23. The van der Waals surface area contributed by atoms with E-state index >= 15 is 0 Å². The van der Waals surface area contributed by atoms with Crippen molar-refractivity contribution in [3.8, 4) is 5.75 Å². The minimum Gasteiger partial charge on any atom is -0.490 e. The molecule has 3 aromatic rings. The summed E-state index contributed by atoms with van der Waals surface area (Å²) in [7, 11) is 0. The van der Waals surface area contributed by atoms with Crippen molar-refractivity contribution >= 4 is 17.7 Å². The number of benzene rings is 2. The molecule has 2 aromatic carbocycles. The smallest absolute Gasteiger partial charge is 0.270 e. The van der Waals surface area contributed by atoms with E-state index in [-0.39, 0.29) is 30.2 Å². The van der Waals surface area contributed by atoms with E-state index in [1.807, 2.05) is 95.3 Å². The first-order valence-electron chi connectivity index (χ1n) is 16.4. The van der Waals surface area contributed by atoms with Crippen molar-refractivity contribution in [2.75, 3.05) is 13.1 Å². The maximum absolute atomic E-state index is 14.1. The molecule has 0 unspecified atom stereocenters. The van der Waals surface area contributed by atoms with Crippen LogP contribution in [-0.2, 0) is 16.0 Å². The summed E-state index contributed by atoms with van der Waals surface area (Å²) in [5.41, 5.74) is 0.503. The highest BCUT2D eigenvalue weighted by molar-refractivity contribution is 5.96. The largest absolute Gasteiger partial charge is 0.490 e. The zero-order chi connectivity index (χ0) is 34.0. The summed E-state index contributed by atoms with van der Waals surface area (Å²) in [6.07, 6.45) is 1.88. The second-order valence-electron chi connectivity index (χ2n) is 13.5. The average molecular weight is 644 g/mol. The number of pyridine rings is 1. The van der Waals surface area contributed by atoms with Gasteiger partial charge in [0.15, 0.2) is 0 Å². The van der Waals surface area contributed by atoms with Crippen LogP contribution in [0, 0.1) is 5.92 Å². The number of aliphatic hydroxyl groups is 1. The number of β-amino-alcohol motifs (C(OH)–C–C–N with tert-alkyl or cyclic N) is 1. The van der Waals surface area contributed by atoms with Crippen molar-refractivity contribution in [1.82, 2.24) is 25.8 Å². The molecule has 1 saturated heterocycles. The first-order valence-corrected chi connectivity index (χ1v) is 16.4. The second-order valence-corrected chi connectivity index (χ2v) is 13.5. The molecule has 0 aliphatic carbocycles. The Balaban J connectivity index is 1.51. The van der Waals surface area contributed by atoms with Crippen LogP contribution < -0.4 is 20.7 Å². The van der Waals surface area contributed by atoms with Crippen molar-refractivity contribution in [1.29, 1.82) is 0 Å². The number of piperidine rings is 1. The van der Waals surface area contributed by atoms with Crippen LogP contribution in [0.5, 0.6) is 5.75 Å². The minimum absolute atomic E-state index is 0.00482. The van der Waals surface area contributed by atoms with E-state index in [2.05, 4.69) is 20.9 Å². The average Bonchev–Trinajstić information content (AvgIpc) is 3.06. The fraction of sp³-hybridized carbons (Fsp3) is 0.459. The van der Waals surface area contributed by atoms with Gasteiger partial charge in [0, 0.05) is 24.7 Å². The number of aromatic nitrogens is 1. The lowest BCUT2D eigenvalue weighted by Crippen LogP contribution is -2.61. The van der Waals surface area contributed by atoms with Gasteiger partial charge in [-0.1, -0.05) is 68.4 Å². The number of hydrogen-bond donors (Lipinski definition) is 4. The van der Waals surface area contributed by atoms with E-state index in [0.717, 1.165) is 17.7 Å². The molecule has 10 nitrogen and oxygen atoms in total. The zero-order valence-electron chi connectivity index (χ0n) is 28.1. The van der Waals surface area contributed by atoms with Gasteiger partial charge in [0.2, 0.25) is 11.8 Å². The van der Waals surface area contributed by atoms with Crippen LogP contribution in [0.4, 0.5) is 0 Å². The number of hydrogen-bond acceptors (Lipinski definition) is 7. The standard InChI is InChI=1S/C37H49N5O5/c1-25(2)33(41-34(44)29-18-12-13-20-38-29)35(45)40-30(22-26-14-8-6-9-15-26)32(43)24-42(37(3,4)5)36(46)31-23-28(19-21-39-31)47-27-16-10-7-11-17-27/h6-18,20,25,28,30-33,39,43H,19,21-24H2,1-5H3,(H,40,45)(H,41,44)/t28-,30+,31+,32-,33+/m1/s1. The number of nitrogens with zero attached hydrogens (tertiary/aromatic N) is 2. The first kappa shape index (κ1) is 35.6. The Bertz CT molecular complexity index is 1430. The molecule has 5 atom stereocenters. The molecule has 4 N–H and O–H groups in total. The number of ether oxygens (including phenoxy) is 1. The van der Waals surface area contributed by atoms with Crippen molar-refractivity contribution in [3.63, 3.8) is 0 Å². The van der Waals surface area contributed by atoms with Gasteiger partial charge in [0.05, 0.1) is 18.2 Å². The van der Waals surface area contributed by atoms with Crippen LogP contribution in [0.15, 0.2) is 85.1 Å². The van der Waals surface area contributed by atoms with Crippen LogP contribution in [0.3, 0.4) is 0 Å². The molecule has 10 heteroatoms. The van der Waals surface area contributed by atoms with E-state index < -0.39 is 41.6 Å². The molecule has 2 heterocycles. The topological polar surface area (TPSA) is 133 Å². The number of aliphatic hydroxyl groups excluding tert-OH is 1. The molecule has 1 aromatic heterocycles. The van der Waals surface area contributed by atoms with E-state index in [0.29, 0.717) is 19.4 Å². The Morgan fingerprint density at radius 1 is 0.979 bits per heavy atom. The van der Waals surface area contributed by atoms with Gasteiger partial charge < -0.3 is 30.7 Å². The predicted molar refractivity (Wildman–Crippen MR) is 182 cm³/mol. The SMILES string of the molecule is CC(C)[C@H](NC(=O)c1ccccn1)C(=O)N[C@@H](Cc1ccccc1)[C@H](O)CN(C(=O)[C@@H]1C[C@H](Oc2ccccc2)CCN1)C(C)(C)C. The molecule has 0 spiro atoms. The van der Waals surface area contributed by atoms with Crippen molar-refractivity contribution in [3.05, 3.63) is 96.3 Å². The first-order chi connectivity index (χ1) is 22.4. The maximum atomic E-state index is 14.1. The molecule has 1 fully saturated rings. The Morgan fingerprint density at radius 2 is 1.64 bits per heavy atom. The highest BCUT2D eigenvalue weighted by Gasteiger charge is 2.38. The summed E-state index contributed by atoms with van der Waals surface area (Å²) in [5, 5.41) is 21.0. The van der Waals surface area contributed by atoms with Crippen LogP contribution in [0.2, 0.25) is 0 Å². The number of carbonyl (C=O) groups is 3. The Hall–Kier alpha value is -4.28. The molecular weight excluding hydrogens is 594 g/mol. The predicted octanol–water partition coefficient (Wildman–Crippen LogP) is 3.75. The summed E-state index contributed by atoms with van der Waals surface area (Å²) >= 11 is 0.